The molecule has 134 valence electrons. The van der Waals surface area contributed by atoms with Crippen LogP contribution in [-0.2, 0) is 6.54 Å². The molecule has 0 fully saturated rings. The topological polar surface area (TPSA) is 63.0 Å². The van der Waals surface area contributed by atoms with Gasteiger partial charge >= 0.3 is 0 Å². The molecule has 0 saturated carbocycles. The minimum absolute atomic E-state index is 0.630. The van der Waals surface area contributed by atoms with Gasteiger partial charge in [0.05, 0.1) is 11.4 Å². The first-order valence-electron chi connectivity index (χ1n) is 8.84. The van der Waals surface area contributed by atoms with E-state index in [9.17, 15) is 0 Å². The molecule has 0 saturated heterocycles. The maximum absolute atomic E-state index is 6.41. The highest BCUT2D eigenvalue weighted by atomic mass is 15.0. The van der Waals surface area contributed by atoms with Crippen LogP contribution in [0.4, 0.5) is 22.9 Å². The van der Waals surface area contributed by atoms with E-state index in [0.717, 1.165) is 23.6 Å². The maximum atomic E-state index is 6.41. The number of rotatable bonds is 5. The second-order valence-electron chi connectivity index (χ2n) is 6.81. The average Bonchev–Trinajstić information content (AvgIpc) is 2.60. The van der Waals surface area contributed by atoms with Gasteiger partial charge in [0.2, 0.25) is 0 Å². The second kappa shape index (κ2) is 7.48. The smallest absolute Gasteiger partial charge is 0.156 e. The maximum Gasteiger partial charge on any atom is 0.156 e. The summed E-state index contributed by atoms with van der Waals surface area (Å²) in [5.41, 5.74) is 14.7. The lowest BCUT2D eigenvalue weighted by atomic mass is 10.0. The first-order valence-corrected chi connectivity index (χ1v) is 8.84. The fraction of sp³-hybridized carbons (Fsp3) is 0.227. The van der Waals surface area contributed by atoms with E-state index in [0.29, 0.717) is 11.5 Å². The summed E-state index contributed by atoms with van der Waals surface area (Å²) >= 11 is 0. The lowest BCUT2D eigenvalue weighted by Crippen LogP contribution is -2.08. The van der Waals surface area contributed by atoms with Crippen molar-refractivity contribution in [3.8, 4) is 0 Å². The van der Waals surface area contributed by atoms with Crippen LogP contribution in [0.25, 0.3) is 0 Å². The van der Waals surface area contributed by atoms with Crippen LogP contribution in [-0.4, -0.2) is 4.98 Å². The molecule has 0 aliphatic rings. The van der Waals surface area contributed by atoms with Crippen molar-refractivity contribution in [2.24, 2.45) is 0 Å². The molecular formula is C22H26N4. The van der Waals surface area contributed by atoms with Gasteiger partial charge < -0.3 is 16.4 Å². The van der Waals surface area contributed by atoms with E-state index < -0.39 is 0 Å². The number of nitrogens with two attached hydrogens (primary N) is 1. The molecule has 0 atom stereocenters. The first kappa shape index (κ1) is 17.8. The third-order valence-electron chi connectivity index (χ3n) is 4.43. The molecule has 0 aliphatic heterocycles. The predicted molar refractivity (Wildman–Crippen MR) is 111 cm³/mol. The third-order valence-corrected chi connectivity index (χ3v) is 4.43. The molecule has 0 unspecified atom stereocenters. The Balaban J connectivity index is 1.88. The number of benzene rings is 2. The molecule has 0 bridgehead atoms. The quantitative estimate of drug-likeness (QED) is 0.590. The Morgan fingerprint density at radius 1 is 0.923 bits per heavy atom. The predicted octanol–water partition coefficient (Wildman–Crippen LogP) is 5.25. The van der Waals surface area contributed by atoms with Gasteiger partial charge in [0.25, 0.3) is 0 Å². The second-order valence-corrected chi connectivity index (χ2v) is 6.81. The Bertz CT molecular complexity index is 894. The highest BCUT2D eigenvalue weighted by Gasteiger charge is 2.12. The molecule has 26 heavy (non-hydrogen) atoms. The highest BCUT2D eigenvalue weighted by Crippen LogP contribution is 2.32. The van der Waals surface area contributed by atoms with Crippen LogP contribution in [0.2, 0.25) is 0 Å². The molecule has 0 spiro atoms. The molecule has 4 nitrogen and oxygen atoms in total. The molecule has 3 aromatic rings. The number of anilines is 4. The zero-order chi connectivity index (χ0) is 18.7. The molecule has 2 aromatic carbocycles. The highest BCUT2D eigenvalue weighted by molar-refractivity contribution is 5.82. The standard InChI is InChI=1S/C22H26N4/c1-14-10-15(2)21(16(3)11-14)26-22-20(23)19(12-17(4)25-22)24-13-18-8-6-5-7-9-18/h5-12H,13,23H2,1-4H3,(H2,24,25,26). The van der Waals surface area contributed by atoms with Crippen LogP contribution in [0.5, 0.6) is 0 Å². The molecule has 0 radical (unpaired) electrons. The molecule has 1 aromatic heterocycles. The van der Waals surface area contributed by atoms with Gasteiger partial charge in [-0.15, -0.1) is 0 Å². The van der Waals surface area contributed by atoms with Crippen molar-refractivity contribution in [1.82, 2.24) is 4.98 Å². The summed E-state index contributed by atoms with van der Waals surface area (Å²) in [6, 6.07) is 16.6. The lowest BCUT2D eigenvalue weighted by molar-refractivity contribution is 1.13. The molecule has 1 heterocycles. The minimum atomic E-state index is 0.630. The number of hydrogen-bond donors (Lipinski definition) is 3. The zero-order valence-corrected chi connectivity index (χ0v) is 15.9. The summed E-state index contributed by atoms with van der Waals surface area (Å²) in [6.45, 7) is 9.00. The molecule has 4 N–H and O–H groups in total. The summed E-state index contributed by atoms with van der Waals surface area (Å²) in [4.78, 5) is 4.61. The normalized spacial score (nSPS) is 10.6. The van der Waals surface area contributed by atoms with E-state index in [-0.39, 0.29) is 0 Å². The Morgan fingerprint density at radius 2 is 1.58 bits per heavy atom. The molecule has 0 amide bonds. The van der Waals surface area contributed by atoms with Crippen LogP contribution in [0.3, 0.4) is 0 Å². The van der Waals surface area contributed by atoms with Crippen molar-refractivity contribution >= 4 is 22.9 Å². The van der Waals surface area contributed by atoms with Gasteiger partial charge in [-0.3, -0.25) is 0 Å². The Morgan fingerprint density at radius 3 is 2.23 bits per heavy atom. The Hall–Kier alpha value is -3.01. The van der Waals surface area contributed by atoms with E-state index in [1.54, 1.807) is 0 Å². The van der Waals surface area contributed by atoms with E-state index in [1.807, 2.05) is 31.2 Å². The summed E-state index contributed by atoms with van der Waals surface area (Å²) in [5, 5.41) is 6.87. The van der Waals surface area contributed by atoms with Crippen LogP contribution in [0.1, 0.15) is 27.9 Å². The minimum Gasteiger partial charge on any atom is -0.394 e. The molecular weight excluding hydrogens is 320 g/mol. The number of pyridine rings is 1. The largest absolute Gasteiger partial charge is 0.394 e. The first-order chi connectivity index (χ1) is 12.4. The van der Waals surface area contributed by atoms with E-state index in [1.165, 1.54) is 22.3 Å². The van der Waals surface area contributed by atoms with Gasteiger partial charge in [-0.25, -0.2) is 4.98 Å². The fourth-order valence-electron chi connectivity index (χ4n) is 3.21. The van der Waals surface area contributed by atoms with Crippen LogP contribution in [0.15, 0.2) is 48.5 Å². The van der Waals surface area contributed by atoms with Crippen molar-refractivity contribution in [2.45, 2.75) is 34.2 Å². The van der Waals surface area contributed by atoms with E-state index in [2.05, 4.69) is 60.7 Å². The van der Waals surface area contributed by atoms with Crippen molar-refractivity contribution in [2.75, 3.05) is 16.4 Å². The monoisotopic (exact) mass is 346 g/mol. The summed E-state index contributed by atoms with van der Waals surface area (Å²) in [6.07, 6.45) is 0. The summed E-state index contributed by atoms with van der Waals surface area (Å²) in [5.74, 6) is 0.690. The van der Waals surface area contributed by atoms with Gasteiger partial charge in [0.1, 0.15) is 0 Å². The molecule has 4 heteroatoms. The number of nitrogen functional groups attached to an aromatic ring is 1. The Kier molecular flexibility index (Phi) is 5.12. The van der Waals surface area contributed by atoms with Gasteiger partial charge in [0, 0.05) is 17.9 Å². The van der Waals surface area contributed by atoms with Crippen LogP contribution < -0.4 is 16.4 Å². The third kappa shape index (κ3) is 3.97. The van der Waals surface area contributed by atoms with Gasteiger partial charge in [-0.2, -0.15) is 0 Å². The van der Waals surface area contributed by atoms with E-state index in [4.69, 9.17) is 5.73 Å². The summed E-state index contributed by atoms with van der Waals surface area (Å²) in [7, 11) is 0. The molecule has 3 rings (SSSR count). The van der Waals surface area contributed by atoms with Gasteiger partial charge in [-0.05, 0) is 50.5 Å². The SMILES string of the molecule is Cc1cc(C)c(Nc2nc(C)cc(NCc3ccccc3)c2N)c(C)c1. The lowest BCUT2D eigenvalue weighted by Gasteiger charge is -2.18. The van der Waals surface area contributed by atoms with Gasteiger partial charge in [0.15, 0.2) is 5.82 Å². The zero-order valence-electron chi connectivity index (χ0n) is 15.9. The summed E-state index contributed by atoms with van der Waals surface area (Å²) < 4.78 is 0. The fourth-order valence-corrected chi connectivity index (χ4v) is 3.21. The van der Waals surface area contributed by atoms with Gasteiger partial charge in [-0.1, -0.05) is 48.0 Å². The van der Waals surface area contributed by atoms with Crippen molar-refractivity contribution in [1.29, 1.82) is 0 Å². The number of nitrogens with zero attached hydrogens (tertiary/aromatic N) is 1. The van der Waals surface area contributed by atoms with Crippen molar-refractivity contribution in [3.63, 3.8) is 0 Å². The number of aryl methyl sites for hydroxylation is 4. The number of aromatic nitrogens is 1. The average molecular weight is 346 g/mol. The number of hydrogen-bond acceptors (Lipinski definition) is 4. The van der Waals surface area contributed by atoms with Crippen molar-refractivity contribution < 1.29 is 0 Å². The molecule has 0 aliphatic carbocycles. The Labute approximate surface area is 155 Å². The van der Waals surface area contributed by atoms with E-state index >= 15 is 0 Å². The van der Waals surface area contributed by atoms with Crippen LogP contribution >= 0.6 is 0 Å². The van der Waals surface area contributed by atoms with Crippen molar-refractivity contribution in [3.05, 3.63) is 76.5 Å². The van der Waals surface area contributed by atoms with Crippen LogP contribution in [0, 0.1) is 27.7 Å². The number of nitrogens with one attached hydrogen (secondary N) is 2.